The molecule has 150 valence electrons. The van der Waals surface area contributed by atoms with Crippen molar-refractivity contribution in [3.63, 3.8) is 0 Å². The number of nitrogens with zero attached hydrogens (tertiary/aromatic N) is 2. The second-order valence-electron chi connectivity index (χ2n) is 7.43. The number of rotatable bonds is 5. The van der Waals surface area contributed by atoms with Crippen molar-refractivity contribution in [2.45, 2.75) is 44.0 Å². The lowest BCUT2D eigenvalue weighted by atomic mass is 10.1. The van der Waals surface area contributed by atoms with Crippen LogP contribution in [0.1, 0.15) is 47.2 Å². The Bertz CT molecular complexity index is 915. The zero-order valence-corrected chi connectivity index (χ0v) is 17.4. The summed E-state index contributed by atoms with van der Waals surface area (Å²) in [4.78, 5) is 14.6. The summed E-state index contributed by atoms with van der Waals surface area (Å²) in [6.45, 7) is 3.68. The maximum atomic E-state index is 12.9. The molecule has 0 aliphatic carbocycles. The average molecular weight is 401 g/mol. The first-order chi connectivity index (χ1) is 13.4. The molecule has 1 aliphatic rings. The molecule has 0 radical (unpaired) electrons. The van der Waals surface area contributed by atoms with Gasteiger partial charge in [0.15, 0.2) is 0 Å². The molecule has 1 heterocycles. The van der Waals surface area contributed by atoms with Crippen molar-refractivity contribution in [2.24, 2.45) is 0 Å². The Labute approximate surface area is 168 Å². The van der Waals surface area contributed by atoms with Gasteiger partial charge in [-0.25, -0.2) is 8.42 Å². The highest BCUT2D eigenvalue weighted by Gasteiger charge is 2.25. The molecule has 28 heavy (non-hydrogen) atoms. The first-order valence-corrected chi connectivity index (χ1v) is 11.2. The molecular weight excluding hydrogens is 372 g/mol. The number of carbonyl (C=O) groups is 1. The lowest BCUT2D eigenvalue weighted by Crippen LogP contribution is -2.32. The molecule has 6 heteroatoms. The highest BCUT2D eigenvalue weighted by molar-refractivity contribution is 7.89. The Kier molecular flexibility index (Phi) is 6.52. The minimum atomic E-state index is -3.49. The summed E-state index contributed by atoms with van der Waals surface area (Å²) in [6.07, 6.45) is 3.96. The van der Waals surface area contributed by atoms with E-state index < -0.39 is 10.0 Å². The Morgan fingerprint density at radius 1 is 0.964 bits per heavy atom. The number of hydrogen-bond donors (Lipinski definition) is 0. The van der Waals surface area contributed by atoms with Crippen LogP contribution in [0.3, 0.4) is 0 Å². The van der Waals surface area contributed by atoms with Gasteiger partial charge in [-0.15, -0.1) is 0 Å². The number of aryl methyl sites for hydroxylation is 1. The third-order valence-corrected chi connectivity index (χ3v) is 7.23. The summed E-state index contributed by atoms with van der Waals surface area (Å²) in [5, 5.41) is 0. The van der Waals surface area contributed by atoms with Crippen LogP contribution in [0.15, 0.2) is 53.4 Å². The third kappa shape index (κ3) is 4.62. The highest BCUT2D eigenvalue weighted by Crippen LogP contribution is 2.21. The van der Waals surface area contributed by atoms with Gasteiger partial charge >= 0.3 is 0 Å². The molecule has 2 aromatic carbocycles. The van der Waals surface area contributed by atoms with Gasteiger partial charge in [0.25, 0.3) is 5.91 Å². The number of hydrogen-bond acceptors (Lipinski definition) is 3. The van der Waals surface area contributed by atoms with Gasteiger partial charge in [0.05, 0.1) is 4.90 Å². The molecular formula is C22H28N2O3S. The fourth-order valence-corrected chi connectivity index (χ4v) is 5.05. The van der Waals surface area contributed by atoms with E-state index in [0.717, 1.165) is 36.8 Å². The Hall–Kier alpha value is -2.18. The summed E-state index contributed by atoms with van der Waals surface area (Å²) in [7, 11) is -1.73. The molecule has 0 saturated carbocycles. The van der Waals surface area contributed by atoms with Gasteiger partial charge < -0.3 is 4.90 Å². The Morgan fingerprint density at radius 3 is 2.18 bits per heavy atom. The second kappa shape index (κ2) is 8.88. The SMILES string of the molecule is Cc1ccccc1CN(C)C(=O)c1ccc(S(=O)(=O)N2CCCCCC2)cc1. The molecule has 0 unspecified atom stereocenters. The molecule has 1 aliphatic heterocycles. The van der Waals surface area contributed by atoms with E-state index in [-0.39, 0.29) is 10.8 Å². The van der Waals surface area contributed by atoms with Gasteiger partial charge in [0.1, 0.15) is 0 Å². The first kappa shape index (κ1) is 20.6. The summed E-state index contributed by atoms with van der Waals surface area (Å²) in [5.74, 6) is -0.123. The molecule has 0 aromatic heterocycles. The van der Waals surface area contributed by atoms with E-state index in [1.807, 2.05) is 31.2 Å². The molecule has 2 aromatic rings. The fourth-order valence-electron chi connectivity index (χ4n) is 3.54. The van der Waals surface area contributed by atoms with Crippen LogP contribution in [0.2, 0.25) is 0 Å². The normalized spacial score (nSPS) is 15.8. The van der Waals surface area contributed by atoms with Crippen molar-refractivity contribution in [3.8, 4) is 0 Å². The molecule has 1 fully saturated rings. The fraction of sp³-hybridized carbons (Fsp3) is 0.409. The van der Waals surface area contributed by atoms with Crippen LogP contribution in [0.5, 0.6) is 0 Å². The van der Waals surface area contributed by atoms with E-state index in [0.29, 0.717) is 25.2 Å². The molecule has 1 saturated heterocycles. The maximum absolute atomic E-state index is 12.9. The van der Waals surface area contributed by atoms with Gasteiger partial charge in [-0.2, -0.15) is 4.31 Å². The van der Waals surface area contributed by atoms with Crippen LogP contribution in [-0.4, -0.2) is 43.7 Å². The monoisotopic (exact) mass is 400 g/mol. The average Bonchev–Trinajstić information content (AvgIpc) is 2.99. The molecule has 3 rings (SSSR count). The van der Waals surface area contributed by atoms with Gasteiger partial charge in [-0.1, -0.05) is 37.1 Å². The number of carbonyl (C=O) groups excluding carboxylic acids is 1. The Balaban J connectivity index is 1.72. The molecule has 5 nitrogen and oxygen atoms in total. The van der Waals surface area contributed by atoms with Crippen molar-refractivity contribution < 1.29 is 13.2 Å². The number of sulfonamides is 1. The van der Waals surface area contributed by atoms with Gasteiger partial charge in [0, 0.05) is 32.2 Å². The van der Waals surface area contributed by atoms with Gasteiger partial charge in [0.2, 0.25) is 10.0 Å². The van der Waals surface area contributed by atoms with E-state index in [1.165, 1.54) is 0 Å². The van der Waals surface area contributed by atoms with Crippen LogP contribution < -0.4 is 0 Å². The first-order valence-electron chi connectivity index (χ1n) is 9.80. The van der Waals surface area contributed by atoms with E-state index >= 15 is 0 Å². The molecule has 0 N–H and O–H groups in total. The molecule has 0 spiro atoms. The minimum absolute atomic E-state index is 0.123. The smallest absolute Gasteiger partial charge is 0.253 e. The number of benzene rings is 2. The standard InChI is InChI=1S/C22H28N2O3S/c1-18-9-5-6-10-20(18)17-23(2)22(25)19-11-13-21(14-12-19)28(26,27)24-15-7-3-4-8-16-24/h5-6,9-14H,3-4,7-8,15-17H2,1-2H3. The van der Waals surface area contributed by atoms with Crippen LogP contribution in [0.25, 0.3) is 0 Å². The van der Waals surface area contributed by atoms with Gasteiger partial charge in [-0.3, -0.25) is 4.79 Å². The third-order valence-electron chi connectivity index (χ3n) is 5.32. The summed E-state index contributed by atoms with van der Waals surface area (Å²) in [5.41, 5.74) is 2.73. The zero-order valence-electron chi connectivity index (χ0n) is 16.6. The van der Waals surface area contributed by atoms with Crippen molar-refractivity contribution in [3.05, 3.63) is 65.2 Å². The second-order valence-corrected chi connectivity index (χ2v) is 9.37. The zero-order chi connectivity index (χ0) is 20.1. The predicted octanol–water partition coefficient (Wildman–Crippen LogP) is 3.83. The summed E-state index contributed by atoms with van der Waals surface area (Å²) in [6, 6.07) is 14.3. The van der Waals surface area contributed by atoms with Crippen LogP contribution in [0, 0.1) is 6.92 Å². The predicted molar refractivity (Wildman–Crippen MR) is 111 cm³/mol. The quantitative estimate of drug-likeness (QED) is 0.766. The van der Waals surface area contributed by atoms with E-state index in [9.17, 15) is 13.2 Å². The Morgan fingerprint density at radius 2 is 1.57 bits per heavy atom. The van der Waals surface area contributed by atoms with E-state index in [4.69, 9.17) is 0 Å². The molecule has 1 amide bonds. The maximum Gasteiger partial charge on any atom is 0.253 e. The van der Waals surface area contributed by atoms with Crippen LogP contribution in [-0.2, 0) is 16.6 Å². The van der Waals surface area contributed by atoms with E-state index in [2.05, 4.69) is 0 Å². The van der Waals surface area contributed by atoms with Gasteiger partial charge in [-0.05, 0) is 55.2 Å². The van der Waals surface area contributed by atoms with Crippen molar-refractivity contribution >= 4 is 15.9 Å². The molecule has 0 bridgehead atoms. The highest BCUT2D eigenvalue weighted by atomic mass is 32.2. The van der Waals surface area contributed by atoms with Crippen molar-refractivity contribution in [1.29, 1.82) is 0 Å². The lowest BCUT2D eigenvalue weighted by molar-refractivity contribution is 0.0785. The molecule has 0 atom stereocenters. The van der Waals surface area contributed by atoms with E-state index in [1.54, 1.807) is 40.5 Å². The number of amides is 1. The largest absolute Gasteiger partial charge is 0.337 e. The minimum Gasteiger partial charge on any atom is -0.337 e. The van der Waals surface area contributed by atoms with Crippen LogP contribution >= 0.6 is 0 Å². The summed E-state index contributed by atoms with van der Waals surface area (Å²) < 4.78 is 27.3. The van der Waals surface area contributed by atoms with Crippen molar-refractivity contribution in [1.82, 2.24) is 9.21 Å². The van der Waals surface area contributed by atoms with Crippen molar-refractivity contribution in [2.75, 3.05) is 20.1 Å². The lowest BCUT2D eigenvalue weighted by Gasteiger charge is -2.21. The summed E-state index contributed by atoms with van der Waals surface area (Å²) >= 11 is 0. The van der Waals surface area contributed by atoms with Crippen LogP contribution in [0.4, 0.5) is 0 Å². The topological polar surface area (TPSA) is 57.7 Å².